The van der Waals surface area contributed by atoms with Crippen molar-refractivity contribution in [2.45, 2.75) is 25.8 Å². The molecule has 1 amide bonds. The van der Waals surface area contributed by atoms with Gasteiger partial charge in [-0.3, -0.25) is 14.9 Å². The number of amides is 1. The lowest BCUT2D eigenvalue weighted by Crippen LogP contribution is -2.39. The van der Waals surface area contributed by atoms with Gasteiger partial charge >= 0.3 is 0 Å². The third-order valence-corrected chi connectivity index (χ3v) is 4.05. The topological polar surface area (TPSA) is 99.9 Å². The number of carbonyl (C=O) groups excluding carboxylic acids is 1. The molecule has 0 aromatic heterocycles. The summed E-state index contributed by atoms with van der Waals surface area (Å²) in [7, 11) is 0. The number of non-ortho nitro benzene ring substituents is 1. The number of likely N-dealkylation sites (tertiary alicyclic amines) is 1. The lowest BCUT2D eigenvalue weighted by molar-refractivity contribution is -0.384. The molecule has 27 heavy (non-hydrogen) atoms. The molecule has 0 aliphatic carbocycles. The van der Waals surface area contributed by atoms with Crippen LogP contribution in [0.4, 0.5) is 5.69 Å². The van der Waals surface area contributed by atoms with Gasteiger partial charge in [-0.05, 0) is 18.4 Å². The molecule has 9 heteroatoms. The van der Waals surface area contributed by atoms with Gasteiger partial charge in [0.1, 0.15) is 0 Å². The summed E-state index contributed by atoms with van der Waals surface area (Å²) in [6, 6.07) is 6.35. The van der Waals surface area contributed by atoms with Crippen LogP contribution >= 0.6 is 24.0 Å². The lowest BCUT2D eigenvalue weighted by Gasteiger charge is -2.16. The maximum atomic E-state index is 11.6. The normalized spacial score (nSPS) is 13.9. The monoisotopic (exact) mass is 487 g/mol. The molecule has 0 radical (unpaired) electrons. The molecule has 0 bridgehead atoms. The van der Waals surface area contributed by atoms with Gasteiger partial charge in [-0.15, -0.1) is 30.6 Å². The molecule has 1 fully saturated rings. The van der Waals surface area contributed by atoms with Crippen molar-refractivity contribution in [2.75, 3.05) is 26.2 Å². The minimum Gasteiger partial charge on any atom is -0.356 e. The van der Waals surface area contributed by atoms with Gasteiger partial charge in [0.2, 0.25) is 5.91 Å². The minimum absolute atomic E-state index is 0. The smallest absolute Gasteiger partial charge is 0.269 e. The number of nitrogens with zero attached hydrogens (tertiary/aromatic N) is 3. The molecule has 0 spiro atoms. The second-order valence-corrected chi connectivity index (χ2v) is 6.02. The van der Waals surface area contributed by atoms with E-state index in [4.69, 9.17) is 0 Å². The van der Waals surface area contributed by atoms with Gasteiger partial charge in [0, 0.05) is 44.7 Å². The van der Waals surface area contributed by atoms with Crippen molar-refractivity contribution < 1.29 is 9.72 Å². The average Bonchev–Trinajstić information content (AvgIpc) is 3.05. The van der Waals surface area contributed by atoms with Crippen molar-refractivity contribution in [3.63, 3.8) is 0 Å². The highest BCUT2D eigenvalue weighted by atomic mass is 127. The molecular formula is C18H26IN5O3. The van der Waals surface area contributed by atoms with Crippen LogP contribution in [0.5, 0.6) is 0 Å². The fraction of sp³-hybridized carbons (Fsp3) is 0.444. The maximum absolute atomic E-state index is 11.6. The Bertz CT molecular complexity index is 663. The zero-order valence-corrected chi connectivity index (χ0v) is 17.6. The largest absolute Gasteiger partial charge is 0.356 e. The summed E-state index contributed by atoms with van der Waals surface area (Å²) in [6.07, 6.45) is 4.20. The van der Waals surface area contributed by atoms with Crippen LogP contribution in [0.3, 0.4) is 0 Å². The predicted octanol–water partition coefficient (Wildman–Crippen LogP) is 2.45. The average molecular weight is 487 g/mol. The van der Waals surface area contributed by atoms with Crippen molar-refractivity contribution in [1.82, 2.24) is 15.5 Å². The zero-order chi connectivity index (χ0) is 18.8. The molecule has 0 unspecified atom stereocenters. The highest BCUT2D eigenvalue weighted by molar-refractivity contribution is 14.0. The molecule has 1 saturated heterocycles. The first-order chi connectivity index (χ1) is 12.6. The van der Waals surface area contributed by atoms with Gasteiger partial charge in [-0.25, -0.2) is 4.99 Å². The molecule has 8 nitrogen and oxygen atoms in total. The van der Waals surface area contributed by atoms with Crippen molar-refractivity contribution in [2.24, 2.45) is 4.99 Å². The van der Waals surface area contributed by atoms with E-state index in [1.54, 1.807) is 18.2 Å². The Morgan fingerprint density at radius 1 is 1.33 bits per heavy atom. The number of nitro groups is 1. The molecular weight excluding hydrogens is 461 g/mol. The first kappa shape index (κ1) is 22.9. The fourth-order valence-corrected chi connectivity index (χ4v) is 2.65. The second kappa shape index (κ2) is 12.3. The van der Waals surface area contributed by atoms with Crippen LogP contribution in [-0.2, 0) is 11.3 Å². The van der Waals surface area contributed by atoms with Gasteiger partial charge < -0.3 is 15.5 Å². The predicted molar refractivity (Wildman–Crippen MR) is 116 cm³/mol. The summed E-state index contributed by atoms with van der Waals surface area (Å²) < 4.78 is 0. The van der Waals surface area contributed by atoms with Crippen molar-refractivity contribution in [3.8, 4) is 0 Å². The van der Waals surface area contributed by atoms with E-state index >= 15 is 0 Å². The molecule has 1 aliphatic rings. The Hall–Kier alpha value is -2.17. The Morgan fingerprint density at radius 3 is 2.67 bits per heavy atom. The summed E-state index contributed by atoms with van der Waals surface area (Å²) in [5, 5.41) is 17.1. The Morgan fingerprint density at radius 2 is 2.07 bits per heavy atom. The lowest BCUT2D eigenvalue weighted by atomic mass is 10.2. The summed E-state index contributed by atoms with van der Waals surface area (Å²) in [6.45, 7) is 6.98. The highest BCUT2D eigenvalue weighted by Gasteiger charge is 2.18. The summed E-state index contributed by atoms with van der Waals surface area (Å²) in [5.74, 6) is 0.887. The van der Waals surface area contributed by atoms with Crippen LogP contribution in [0.25, 0.3) is 0 Å². The summed E-state index contributed by atoms with van der Waals surface area (Å²) >= 11 is 0. The van der Waals surface area contributed by atoms with Crippen LogP contribution in [0.15, 0.2) is 41.9 Å². The van der Waals surface area contributed by atoms with Gasteiger partial charge in [0.15, 0.2) is 5.96 Å². The van der Waals surface area contributed by atoms with Crippen molar-refractivity contribution in [1.29, 1.82) is 0 Å². The molecule has 148 valence electrons. The third kappa shape index (κ3) is 7.94. The van der Waals surface area contributed by atoms with E-state index in [1.807, 2.05) is 4.90 Å². The number of guanidine groups is 1. The molecule has 1 heterocycles. The first-order valence-corrected chi connectivity index (χ1v) is 8.74. The van der Waals surface area contributed by atoms with Gasteiger partial charge in [-0.1, -0.05) is 18.2 Å². The van der Waals surface area contributed by atoms with E-state index in [1.165, 1.54) is 12.1 Å². The summed E-state index contributed by atoms with van der Waals surface area (Å²) in [4.78, 5) is 28.2. The van der Waals surface area contributed by atoms with Crippen molar-refractivity contribution in [3.05, 3.63) is 52.6 Å². The molecule has 2 rings (SSSR count). The summed E-state index contributed by atoms with van der Waals surface area (Å²) in [5.41, 5.74) is 0.954. The molecule has 0 saturated carbocycles. The van der Waals surface area contributed by atoms with Gasteiger partial charge in [0.25, 0.3) is 5.69 Å². The van der Waals surface area contributed by atoms with E-state index in [2.05, 4.69) is 22.2 Å². The SMILES string of the molecule is C=CCNC(=NCc1ccc([N+](=O)[O-])cc1)NCCCN1CCCC1=O.I. The van der Waals surface area contributed by atoms with E-state index in [-0.39, 0.29) is 35.6 Å². The number of halogens is 1. The number of nitrogens with one attached hydrogen (secondary N) is 2. The second-order valence-electron chi connectivity index (χ2n) is 6.02. The van der Waals surface area contributed by atoms with Crippen LogP contribution < -0.4 is 10.6 Å². The van der Waals surface area contributed by atoms with Crippen LogP contribution in [0.1, 0.15) is 24.8 Å². The first-order valence-electron chi connectivity index (χ1n) is 8.74. The Balaban J connectivity index is 0.00000364. The van der Waals surface area contributed by atoms with Crippen LogP contribution in [-0.4, -0.2) is 47.9 Å². The Kier molecular flexibility index (Phi) is 10.4. The number of hydrogen-bond donors (Lipinski definition) is 2. The Labute approximate surface area is 176 Å². The molecule has 2 N–H and O–H groups in total. The van der Waals surface area contributed by atoms with Crippen LogP contribution in [0, 0.1) is 10.1 Å². The van der Waals surface area contributed by atoms with Crippen molar-refractivity contribution >= 4 is 41.5 Å². The zero-order valence-electron chi connectivity index (χ0n) is 15.2. The van der Waals surface area contributed by atoms with E-state index in [9.17, 15) is 14.9 Å². The highest BCUT2D eigenvalue weighted by Crippen LogP contribution is 2.12. The standard InChI is InChI=1S/C18H25N5O3.HI/c1-2-10-19-18(20-11-4-13-22-12-3-5-17(22)24)21-14-15-6-8-16(9-7-15)23(25)26;/h2,6-9H,1,3-5,10-14H2,(H2,19,20,21);1H. The van der Waals surface area contributed by atoms with Gasteiger partial charge in [0.05, 0.1) is 11.5 Å². The van der Waals surface area contributed by atoms with Crippen LogP contribution in [0.2, 0.25) is 0 Å². The number of hydrogen-bond acceptors (Lipinski definition) is 4. The van der Waals surface area contributed by atoms with E-state index in [0.717, 1.165) is 31.5 Å². The maximum Gasteiger partial charge on any atom is 0.269 e. The molecule has 1 aliphatic heterocycles. The number of rotatable bonds is 9. The minimum atomic E-state index is -0.420. The molecule has 1 aromatic rings. The number of nitro benzene ring substituents is 1. The third-order valence-electron chi connectivity index (χ3n) is 4.05. The fourth-order valence-electron chi connectivity index (χ4n) is 2.65. The molecule has 0 atom stereocenters. The van der Waals surface area contributed by atoms with Gasteiger partial charge in [-0.2, -0.15) is 0 Å². The number of aliphatic imine (C=N–C) groups is 1. The molecule has 1 aromatic carbocycles. The number of benzene rings is 1. The van der Waals surface area contributed by atoms with E-state index in [0.29, 0.717) is 32.0 Å². The van der Waals surface area contributed by atoms with E-state index < -0.39 is 4.92 Å². The number of carbonyl (C=O) groups is 1. The quantitative estimate of drug-likeness (QED) is 0.106.